The standard InChI is InChI=1S/C77H56O5/c1-3-16-65-57(4-2)64-47-50(33-46-71(64)74(65,78)53-38-42-55(43-39-53)82-56-44-40-54(41-45-56)76(80)68-25-12-7-19-61(68)62-20-8-13-26-69(62)76)58-22-15-28-72-73(58)63-21-9-14-27-70(63)77(72,81)52-36-31-49(32-37-52)48-29-34-51(35-30-48)75(79)66-23-10-5-17-59(66)60-18-6-11-24-67(60)75/h3,5-47,78-81H,4H2,1-2H3/b16-3-. The zero-order valence-corrected chi connectivity index (χ0v) is 45.3. The molecule has 4 aliphatic rings. The van der Waals surface area contributed by atoms with Crippen LogP contribution in [0.15, 0.2) is 273 Å². The minimum atomic E-state index is -1.44. The number of ether oxygens (including phenoxy) is 1. The Morgan fingerprint density at radius 2 is 0.671 bits per heavy atom. The Hall–Kier alpha value is -9.46. The van der Waals surface area contributed by atoms with E-state index in [0.717, 1.165) is 134 Å². The van der Waals surface area contributed by atoms with E-state index in [4.69, 9.17) is 4.74 Å². The maximum atomic E-state index is 13.3. The first-order valence-electron chi connectivity index (χ1n) is 28.2. The monoisotopic (exact) mass is 1060 g/mol. The van der Waals surface area contributed by atoms with Crippen LogP contribution in [0.25, 0.3) is 61.2 Å². The Balaban J connectivity index is 0.725. The van der Waals surface area contributed by atoms with Gasteiger partial charge in [0.1, 0.15) is 33.9 Å². The summed E-state index contributed by atoms with van der Waals surface area (Å²) in [5, 5.41) is 51.4. The van der Waals surface area contributed by atoms with Crippen LogP contribution in [0.2, 0.25) is 0 Å². The molecule has 0 saturated carbocycles. The molecule has 0 fully saturated rings. The van der Waals surface area contributed by atoms with Crippen LogP contribution in [-0.4, -0.2) is 20.4 Å². The molecule has 15 rings (SSSR count). The highest BCUT2D eigenvalue weighted by Gasteiger charge is 2.48. The van der Waals surface area contributed by atoms with Crippen LogP contribution in [-0.2, 0) is 22.4 Å². The van der Waals surface area contributed by atoms with E-state index in [-0.39, 0.29) is 0 Å². The number of benzene rings is 11. The maximum absolute atomic E-state index is 13.3. The van der Waals surface area contributed by atoms with Crippen LogP contribution >= 0.6 is 0 Å². The highest BCUT2D eigenvalue weighted by atomic mass is 16.5. The largest absolute Gasteiger partial charge is 0.457 e. The predicted molar refractivity (Wildman–Crippen MR) is 327 cm³/mol. The van der Waals surface area contributed by atoms with Gasteiger partial charge >= 0.3 is 0 Å². The molecule has 0 bridgehead atoms. The second-order valence-corrected chi connectivity index (χ2v) is 22.1. The summed E-state index contributed by atoms with van der Waals surface area (Å²) in [6, 6.07) is 84.8. The van der Waals surface area contributed by atoms with Gasteiger partial charge in [0, 0.05) is 38.9 Å². The normalized spacial score (nSPS) is 18.1. The third-order valence-electron chi connectivity index (χ3n) is 18.1. The molecule has 2 atom stereocenters. The summed E-state index contributed by atoms with van der Waals surface area (Å²) in [7, 11) is 0. The third-order valence-corrected chi connectivity index (χ3v) is 18.1. The molecule has 0 aliphatic heterocycles. The first kappa shape index (κ1) is 49.6. The van der Waals surface area contributed by atoms with Crippen molar-refractivity contribution in [3.8, 4) is 67.1 Å². The first-order valence-corrected chi connectivity index (χ1v) is 28.2. The minimum Gasteiger partial charge on any atom is -0.457 e. The summed E-state index contributed by atoms with van der Waals surface area (Å²) in [6.45, 7) is 4.13. The summed E-state index contributed by atoms with van der Waals surface area (Å²) < 4.78 is 6.42. The van der Waals surface area contributed by atoms with Gasteiger partial charge < -0.3 is 25.2 Å². The Labute approximate surface area is 477 Å². The zero-order valence-electron chi connectivity index (χ0n) is 45.3. The SMILES string of the molecule is C/C=C\C1=C(CC)c2cc(-c3cccc4c3-c3ccccc3C4(O)c3ccc(-c4ccc(C5(O)c6ccccc6-c6ccccc65)cc4)cc3)ccc2C1(O)c1ccc(Oc2ccc(C3(O)c4ccccc4-c4ccccc43)cc2)cc1. The minimum absolute atomic E-state index is 0.620. The van der Waals surface area contributed by atoms with Crippen molar-refractivity contribution in [2.24, 2.45) is 0 Å². The zero-order chi connectivity index (χ0) is 55.5. The third kappa shape index (κ3) is 6.95. The molecular formula is C77H56O5. The molecule has 5 nitrogen and oxygen atoms in total. The van der Waals surface area contributed by atoms with E-state index in [1.807, 2.05) is 195 Å². The summed E-state index contributed by atoms with van der Waals surface area (Å²) >= 11 is 0. The van der Waals surface area contributed by atoms with E-state index in [0.29, 0.717) is 17.9 Å². The van der Waals surface area contributed by atoms with E-state index in [1.165, 1.54) is 0 Å². The average molecular weight is 1060 g/mol. The molecule has 2 unspecified atom stereocenters. The van der Waals surface area contributed by atoms with Gasteiger partial charge in [0.05, 0.1) is 0 Å². The quantitative estimate of drug-likeness (QED) is 0.110. The second kappa shape index (κ2) is 18.5. The molecule has 0 radical (unpaired) electrons. The van der Waals surface area contributed by atoms with E-state index < -0.39 is 22.4 Å². The van der Waals surface area contributed by atoms with Crippen LogP contribution in [0.3, 0.4) is 0 Å². The summed E-state index contributed by atoms with van der Waals surface area (Å²) in [5.74, 6) is 1.25. The highest BCUT2D eigenvalue weighted by Crippen LogP contribution is 2.57. The van der Waals surface area contributed by atoms with E-state index >= 15 is 0 Å². The number of hydrogen-bond donors (Lipinski definition) is 4. The summed E-state index contributed by atoms with van der Waals surface area (Å²) in [5.41, 5.74) is 16.6. The van der Waals surface area contributed by atoms with Crippen LogP contribution in [0.1, 0.15) is 87.0 Å². The molecule has 4 aliphatic carbocycles. The van der Waals surface area contributed by atoms with Crippen molar-refractivity contribution >= 4 is 5.57 Å². The molecule has 0 heterocycles. The van der Waals surface area contributed by atoms with Crippen molar-refractivity contribution in [1.29, 1.82) is 0 Å². The van der Waals surface area contributed by atoms with Gasteiger partial charge in [-0.1, -0.05) is 244 Å². The lowest BCUT2D eigenvalue weighted by molar-refractivity contribution is 0.128. The van der Waals surface area contributed by atoms with Crippen LogP contribution in [0, 0.1) is 0 Å². The molecule has 0 aromatic heterocycles. The lowest BCUT2D eigenvalue weighted by Gasteiger charge is -2.28. The molecule has 4 N–H and O–H groups in total. The maximum Gasteiger partial charge on any atom is 0.141 e. The molecule has 394 valence electrons. The Bertz CT molecular complexity index is 4360. The number of aliphatic hydroxyl groups is 4. The van der Waals surface area contributed by atoms with Crippen LogP contribution < -0.4 is 4.74 Å². The molecule has 0 amide bonds. The first-order chi connectivity index (χ1) is 40.1. The number of allylic oxidation sites excluding steroid dienone is 2. The second-order valence-electron chi connectivity index (χ2n) is 22.1. The molecule has 11 aromatic carbocycles. The predicted octanol–water partition coefficient (Wildman–Crippen LogP) is 16.6. The average Bonchev–Trinajstić information content (AvgIpc) is 2.86. The molecular weight excluding hydrogens is 1000 g/mol. The lowest BCUT2D eigenvalue weighted by atomic mass is 9.81. The molecule has 11 aromatic rings. The lowest BCUT2D eigenvalue weighted by Crippen LogP contribution is -2.27. The molecule has 5 heteroatoms. The van der Waals surface area contributed by atoms with Gasteiger partial charge in [0.15, 0.2) is 0 Å². The molecule has 0 saturated heterocycles. The van der Waals surface area contributed by atoms with Crippen molar-refractivity contribution in [2.45, 2.75) is 42.7 Å². The summed E-state index contributed by atoms with van der Waals surface area (Å²) in [4.78, 5) is 0. The Morgan fingerprint density at radius 1 is 0.329 bits per heavy atom. The number of fused-ring (bicyclic) bond motifs is 10. The van der Waals surface area contributed by atoms with Crippen molar-refractivity contribution in [2.75, 3.05) is 0 Å². The van der Waals surface area contributed by atoms with Crippen molar-refractivity contribution in [1.82, 2.24) is 0 Å². The van der Waals surface area contributed by atoms with Gasteiger partial charge in [0.2, 0.25) is 0 Å². The van der Waals surface area contributed by atoms with Gasteiger partial charge in [-0.25, -0.2) is 0 Å². The topological polar surface area (TPSA) is 90.2 Å². The summed E-state index contributed by atoms with van der Waals surface area (Å²) in [6.07, 6.45) is 4.73. The van der Waals surface area contributed by atoms with Crippen molar-refractivity contribution in [3.63, 3.8) is 0 Å². The highest BCUT2D eigenvalue weighted by molar-refractivity contribution is 5.95. The van der Waals surface area contributed by atoms with E-state index in [9.17, 15) is 20.4 Å². The fourth-order valence-electron chi connectivity index (χ4n) is 14.2. The number of rotatable bonds is 10. The van der Waals surface area contributed by atoms with Gasteiger partial charge in [-0.3, -0.25) is 0 Å². The van der Waals surface area contributed by atoms with E-state index in [2.05, 4.69) is 85.8 Å². The fraction of sp³-hybridized carbons (Fsp3) is 0.0909. The fourth-order valence-corrected chi connectivity index (χ4v) is 14.2. The molecule has 82 heavy (non-hydrogen) atoms. The Kier molecular flexibility index (Phi) is 11.2. The van der Waals surface area contributed by atoms with Crippen molar-refractivity contribution in [3.05, 3.63) is 339 Å². The molecule has 0 spiro atoms. The van der Waals surface area contributed by atoms with Crippen LogP contribution in [0.4, 0.5) is 0 Å². The number of hydrogen-bond acceptors (Lipinski definition) is 5. The van der Waals surface area contributed by atoms with E-state index in [1.54, 1.807) is 0 Å². The van der Waals surface area contributed by atoms with Gasteiger partial charge in [-0.2, -0.15) is 0 Å². The van der Waals surface area contributed by atoms with Gasteiger partial charge in [-0.15, -0.1) is 0 Å². The smallest absolute Gasteiger partial charge is 0.141 e. The van der Waals surface area contributed by atoms with Gasteiger partial charge in [-0.05, 0) is 138 Å². The Morgan fingerprint density at radius 3 is 1.11 bits per heavy atom. The van der Waals surface area contributed by atoms with Crippen LogP contribution in [0.5, 0.6) is 11.5 Å². The van der Waals surface area contributed by atoms with Crippen molar-refractivity contribution < 1.29 is 25.2 Å². The van der Waals surface area contributed by atoms with Gasteiger partial charge in [0.25, 0.3) is 0 Å².